The van der Waals surface area contributed by atoms with Crippen molar-refractivity contribution >= 4 is 22.6 Å². The molecule has 4 aromatic rings. The van der Waals surface area contributed by atoms with Crippen LogP contribution in [0.1, 0.15) is 10.4 Å². The van der Waals surface area contributed by atoms with Crippen molar-refractivity contribution < 1.29 is 14.3 Å². The number of nitrogens with zero attached hydrogens (tertiary/aromatic N) is 3. The third kappa shape index (κ3) is 3.16. The van der Waals surface area contributed by atoms with Gasteiger partial charge in [-0.1, -0.05) is 30.3 Å². The Kier molecular flexibility index (Phi) is 4.13. The summed E-state index contributed by atoms with van der Waals surface area (Å²) in [5.41, 5.74) is 3.45. The fourth-order valence-electron chi connectivity index (χ4n) is 3.38. The second-order valence-electron chi connectivity index (χ2n) is 6.74. The Morgan fingerprint density at radius 2 is 1.83 bits per heavy atom. The summed E-state index contributed by atoms with van der Waals surface area (Å²) < 4.78 is 12.8. The quantitative estimate of drug-likeness (QED) is 0.581. The fourth-order valence-corrected chi connectivity index (χ4v) is 3.38. The molecule has 5 rings (SSSR count). The first-order valence-electron chi connectivity index (χ1n) is 9.28. The highest BCUT2D eigenvalue weighted by atomic mass is 16.6. The van der Waals surface area contributed by atoms with Crippen molar-refractivity contribution in [2.75, 3.05) is 18.5 Å². The molecule has 0 bridgehead atoms. The van der Waals surface area contributed by atoms with Gasteiger partial charge in [-0.15, -0.1) is 0 Å². The summed E-state index contributed by atoms with van der Waals surface area (Å²) in [4.78, 5) is 17.8. The normalized spacial score (nSPS) is 12.7. The van der Waals surface area contributed by atoms with Crippen molar-refractivity contribution in [3.05, 3.63) is 66.4 Å². The number of amides is 1. The summed E-state index contributed by atoms with van der Waals surface area (Å²) in [6, 6.07) is 16.9. The number of aromatic nitrogens is 3. The van der Waals surface area contributed by atoms with Crippen LogP contribution >= 0.6 is 0 Å². The Balaban J connectivity index is 1.54. The number of rotatable bonds is 3. The van der Waals surface area contributed by atoms with Gasteiger partial charge in [0.15, 0.2) is 17.1 Å². The van der Waals surface area contributed by atoms with Gasteiger partial charge in [-0.25, -0.2) is 4.98 Å². The number of fused-ring (bicyclic) bond motifs is 2. The van der Waals surface area contributed by atoms with E-state index in [2.05, 4.69) is 10.4 Å². The molecular formula is C22H18N4O3. The molecule has 0 fully saturated rings. The van der Waals surface area contributed by atoms with E-state index in [0.29, 0.717) is 52.7 Å². The SMILES string of the molecule is Cn1ncc2c(C(=O)Nc3ccc4c(c3)OCCO4)cc(-c3ccccc3)nc21. The molecule has 2 aromatic heterocycles. The lowest BCUT2D eigenvalue weighted by molar-refractivity contribution is 0.102. The van der Waals surface area contributed by atoms with Crippen LogP contribution in [0.5, 0.6) is 11.5 Å². The maximum atomic E-state index is 13.1. The average molecular weight is 386 g/mol. The molecular weight excluding hydrogens is 368 g/mol. The van der Waals surface area contributed by atoms with Crippen molar-refractivity contribution in [2.24, 2.45) is 7.05 Å². The third-order valence-corrected chi connectivity index (χ3v) is 4.82. The van der Waals surface area contributed by atoms with Gasteiger partial charge in [0, 0.05) is 24.4 Å². The highest BCUT2D eigenvalue weighted by Gasteiger charge is 2.18. The van der Waals surface area contributed by atoms with Gasteiger partial charge in [0.05, 0.1) is 22.8 Å². The number of hydrogen-bond donors (Lipinski definition) is 1. The Morgan fingerprint density at radius 1 is 1.03 bits per heavy atom. The van der Waals surface area contributed by atoms with E-state index in [1.165, 1.54) is 0 Å². The summed E-state index contributed by atoms with van der Waals surface area (Å²) in [7, 11) is 1.81. The van der Waals surface area contributed by atoms with E-state index < -0.39 is 0 Å². The Hall–Kier alpha value is -3.87. The van der Waals surface area contributed by atoms with E-state index in [9.17, 15) is 4.79 Å². The number of anilines is 1. The Bertz CT molecular complexity index is 1220. The predicted octanol–water partition coefficient (Wildman–Crippen LogP) is 3.66. The summed E-state index contributed by atoms with van der Waals surface area (Å²) in [6.07, 6.45) is 1.66. The lowest BCUT2D eigenvalue weighted by Crippen LogP contribution is -2.16. The van der Waals surface area contributed by atoms with E-state index in [-0.39, 0.29) is 5.91 Å². The van der Waals surface area contributed by atoms with Crippen molar-refractivity contribution in [1.29, 1.82) is 0 Å². The molecule has 0 saturated heterocycles. The van der Waals surface area contributed by atoms with Crippen molar-refractivity contribution in [1.82, 2.24) is 14.8 Å². The first-order chi connectivity index (χ1) is 14.2. The monoisotopic (exact) mass is 386 g/mol. The molecule has 7 nitrogen and oxygen atoms in total. The lowest BCUT2D eigenvalue weighted by Gasteiger charge is -2.19. The molecule has 0 unspecified atom stereocenters. The minimum atomic E-state index is -0.237. The second kappa shape index (κ2) is 6.94. The minimum Gasteiger partial charge on any atom is -0.486 e. The number of hydrogen-bond acceptors (Lipinski definition) is 5. The fraction of sp³-hybridized carbons (Fsp3) is 0.136. The van der Waals surface area contributed by atoms with E-state index in [1.807, 2.05) is 37.4 Å². The highest BCUT2D eigenvalue weighted by molar-refractivity contribution is 6.12. The summed E-state index contributed by atoms with van der Waals surface area (Å²) >= 11 is 0. The van der Waals surface area contributed by atoms with Gasteiger partial charge in [-0.3, -0.25) is 9.48 Å². The number of carbonyl (C=O) groups excluding carboxylic acids is 1. The molecule has 2 aromatic carbocycles. The maximum Gasteiger partial charge on any atom is 0.256 e. The molecule has 0 saturated carbocycles. The molecule has 0 atom stereocenters. The summed E-state index contributed by atoms with van der Waals surface area (Å²) in [5, 5.41) is 7.92. The molecule has 0 aliphatic carbocycles. The number of pyridine rings is 1. The van der Waals surface area contributed by atoms with Gasteiger partial charge >= 0.3 is 0 Å². The predicted molar refractivity (Wildman–Crippen MR) is 109 cm³/mol. The molecule has 3 heterocycles. The van der Waals surface area contributed by atoms with Gasteiger partial charge in [0.2, 0.25) is 0 Å². The van der Waals surface area contributed by atoms with E-state index >= 15 is 0 Å². The number of carbonyl (C=O) groups is 1. The van der Waals surface area contributed by atoms with E-state index in [1.54, 1.807) is 35.1 Å². The molecule has 1 aliphatic heterocycles. The number of ether oxygens (including phenoxy) is 2. The zero-order valence-corrected chi connectivity index (χ0v) is 15.8. The van der Waals surface area contributed by atoms with E-state index in [4.69, 9.17) is 14.5 Å². The smallest absolute Gasteiger partial charge is 0.256 e. The standard InChI is InChI=1S/C22H18N4O3/c1-26-21-17(13-23-26)16(12-18(25-21)14-5-3-2-4-6-14)22(27)24-15-7-8-19-20(11-15)29-10-9-28-19/h2-8,11-13H,9-10H2,1H3,(H,24,27). The van der Waals surface area contributed by atoms with Crippen LogP contribution in [0.25, 0.3) is 22.3 Å². The molecule has 144 valence electrons. The average Bonchev–Trinajstić information content (AvgIpc) is 3.14. The maximum absolute atomic E-state index is 13.1. The Labute approximate surface area is 166 Å². The number of aryl methyl sites for hydroxylation is 1. The van der Waals surface area contributed by atoms with E-state index in [0.717, 1.165) is 5.56 Å². The third-order valence-electron chi connectivity index (χ3n) is 4.82. The van der Waals surface area contributed by atoms with Gasteiger partial charge < -0.3 is 14.8 Å². The minimum absolute atomic E-state index is 0.237. The first kappa shape index (κ1) is 17.2. The first-order valence-corrected chi connectivity index (χ1v) is 9.28. The zero-order chi connectivity index (χ0) is 19.8. The van der Waals surface area contributed by atoms with Crippen LogP contribution in [0.2, 0.25) is 0 Å². The number of nitrogens with one attached hydrogen (secondary N) is 1. The largest absolute Gasteiger partial charge is 0.486 e. The lowest BCUT2D eigenvalue weighted by atomic mass is 10.1. The topological polar surface area (TPSA) is 78.3 Å². The molecule has 0 spiro atoms. The van der Waals surface area contributed by atoms with Crippen LogP contribution in [-0.2, 0) is 7.05 Å². The zero-order valence-electron chi connectivity index (χ0n) is 15.8. The van der Waals surface area contributed by atoms with Gasteiger partial charge in [-0.2, -0.15) is 5.10 Å². The van der Waals surface area contributed by atoms with Crippen LogP contribution in [0, 0.1) is 0 Å². The van der Waals surface area contributed by atoms with Gasteiger partial charge in [0.25, 0.3) is 5.91 Å². The molecule has 1 aliphatic rings. The van der Waals surface area contributed by atoms with Crippen molar-refractivity contribution in [3.8, 4) is 22.8 Å². The highest BCUT2D eigenvalue weighted by Crippen LogP contribution is 2.33. The van der Waals surface area contributed by atoms with Crippen LogP contribution in [0.3, 0.4) is 0 Å². The molecule has 1 N–H and O–H groups in total. The molecule has 7 heteroatoms. The van der Waals surface area contributed by atoms with Gasteiger partial charge in [0.1, 0.15) is 13.2 Å². The molecule has 1 amide bonds. The van der Waals surface area contributed by atoms with Gasteiger partial charge in [-0.05, 0) is 18.2 Å². The van der Waals surface area contributed by atoms with Crippen molar-refractivity contribution in [3.63, 3.8) is 0 Å². The summed E-state index contributed by atoms with van der Waals surface area (Å²) in [6.45, 7) is 1.02. The van der Waals surface area contributed by atoms with Crippen LogP contribution in [-0.4, -0.2) is 33.9 Å². The van der Waals surface area contributed by atoms with Crippen LogP contribution in [0.15, 0.2) is 60.8 Å². The summed E-state index contributed by atoms with van der Waals surface area (Å²) in [5.74, 6) is 1.07. The molecule has 29 heavy (non-hydrogen) atoms. The van der Waals surface area contributed by atoms with Crippen LogP contribution < -0.4 is 14.8 Å². The van der Waals surface area contributed by atoms with Crippen molar-refractivity contribution in [2.45, 2.75) is 0 Å². The molecule has 0 radical (unpaired) electrons. The van der Waals surface area contributed by atoms with Crippen LogP contribution in [0.4, 0.5) is 5.69 Å². The second-order valence-corrected chi connectivity index (χ2v) is 6.74. The number of benzene rings is 2. The Morgan fingerprint density at radius 3 is 2.66 bits per heavy atom.